The van der Waals surface area contributed by atoms with Crippen LogP contribution < -0.4 is 21.3 Å². The first kappa shape index (κ1) is 27.6. The first-order chi connectivity index (χ1) is 20.4. The largest absolute Gasteiger partial charge is 0.378 e. The minimum absolute atomic E-state index is 0.0596. The van der Waals surface area contributed by atoms with Crippen LogP contribution in [0.15, 0.2) is 48.5 Å². The number of morpholine rings is 1. The van der Waals surface area contributed by atoms with E-state index in [4.69, 9.17) is 10.5 Å². The number of ether oxygens (including phenoxy) is 1. The highest BCUT2D eigenvalue weighted by atomic mass is 16.5. The van der Waals surface area contributed by atoms with Crippen LogP contribution in [0.4, 0.5) is 17.5 Å². The van der Waals surface area contributed by atoms with Gasteiger partial charge in [0.2, 0.25) is 5.95 Å². The van der Waals surface area contributed by atoms with Gasteiger partial charge in [0.1, 0.15) is 0 Å². The van der Waals surface area contributed by atoms with Crippen LogP contribution in [0.2, 0.25) is 0 Å². The average molecular weight is 571 g/mol. The van der Waals surface area contributed by atoms with E-state index in [1.807, 2.05) is 29.2 Å². The Morgan fingerprint density at radius 3 is 2.29 bits per heavy atom. The highest BCUT2D eigenvalue weighted by Crippen LogP contribution is 2.39. The summed E-state index contributed by atoms with van der Waals surface area (Å²) in [6, 6.07) is 14.7. The summed E-state index contributed by atoms with van der Waals surface area (Å²) in [6.07, 6.45) is 4.10. The first-order valence-corrected chi connectivity index (χ1v) is 14.4. The molecule has 1 atom stereocenters. The van der Waals surface area contributed by atoms with E-state index >= 15 is 0 Å². The third-order valence-electron chi connectivity index (χ3n) is 7.86. The number of carbonyl (C=O) groups excluding carboxylic acids is 3. The van der Waals surface area contributed by atoms with Crippen LogP contribution in [0.3, 0.4) is 0 Å². The Morgan fingerprint density at radius 1 is 0.881 bits per heavy atom. The Kier molecular flexibility index (Phi) is 7.95. The van der Waals surface area contributed by atoms with Gasteiger partial charge < -0.3 is 30.9 Å². The molecule has 4 N–H and O–H groups in total. The van der Waals surface area contributed by atoms with Crippen molar-refractivity contribution < 1.29 is 19.1 Å². The van der Waals surface area contributed by atoms with Crippen LogP contribution in [0, 0.1) is 0 Å². The summed E-state index contributed by atoms with van der Waals surface area (Å²) in [5.74, 6) is 0.212. The molecule has 12 heteroatoms. The molecule has 2 aliphatic heterocycles. The number of benzene rings is 2. The van der Waals surface area contributed by atoms with Crippen LogP contribution in [-0.4, -0.2) is 83.2 Å². The maximum absolute atomic E-state index is 12.9. The minimum atomic E-state index is -0.764. The van der Waals surface area contributed by atoms with Crippen molar-refractivity contribution >= 4 is 35.2 Å². The Balaban J connectivity index is 1.12. The number of hydrogen-bond donors (Lipinski definition) is 3. The molecule has 218 valence electrons. The minimum Gasteiger partial charge on any atom is -0.378 e. The second-order valence-electron chi connectivity index (χ2n) is 10.9. The molecule has 0 bridgehead atoms. The summed E-state index contributed by atoms with van der Waals surface area (Å²) in [7, 11) is 0. The molecule has 3 aromatic rings. The van der Waals surface area contributed by atoms with Gasteiger partial charge in [-0.1, -0.05) is 12.1 Å². The number of anilines is 3. The molecular weight excluding hydrogens is 536 g/mol. The van der Waals surface area contributed by atoms with Crippen LogP contribution in [0.1, 0.15) is 68.4 Å². The van der Waals surface area contributed by atoms with Crippen molar-refractivity contribution in [1.29, 1.82) is 0 Å². The third kappa shape index (κ3) is 6.33. The molecule has 0 spiro atoms. The van der Waals surface area contributed by atoms with Crippen LogP contribution in [-0.2, 0) is 4.74 Å². The van der Waals surface area contributed by atoms with Crippen LogP contribution in [0.25, 0.3) is 0 Å². The Hall–Kier alpha value is -4.58. The standard InChI is InChI=1S/C30H34N8O4/c31-26(39)25-27(32-23-11-9-22(10-12-23)29(41)37-14-16-42-17-15-37)34-30(36-35-25)38-13-1-2-24(18-38)33-28(40)21-7-5-20(6-8-21)19-3-4-19/h5-12,19,24H,1-4,13-18H2,(H2,31,39)(H,33,40)(H,32,34,36). The van der Waals surface area contributed by atoms with Gasteiger partial charge in [-0.2, -0.15) is 4.98 Å². The maximum atomic E-state index is 12.9. The second kappa shape index (κ2) is 12.1. The SMILES string of the molecule is NC(=O)c1nnc(N2CCCC(NC(=O)c3ccc(C4CC4)cc3)C2)nc1Nc1ccc(C(=O)N2CCOCC2)cc1. The molecule has 12 nitrogen and oxygen atoms in total. The zero-order chi connectivity index (χ0) is 29.1. The number of aromatic nitrogens is 3. The van der Waals surface area contributed by atoms with E-state index in [0.29, 0.717) is 68.1 Å². The van der Waals surface area contributed by atoms with E-state index in [-0.39, 0.29) is 29.4 Å². The molecule has 2 aromatic carbocycles. The highest BCUT2D eigenvalue weighted by Gasteiger charge is 2.27. The molecule has 6 rings (SSSR count). The molecular formula is C30H34N8O4. The third-order valence-corrected chi connectivity index (χ3v) is 7.86. The maximum Gasteiger partial charge on any atom is 0.273 e. The Morgan fingerprint density at radius 2 is 1.60 bits per heavy atom. The summed E-state index contributed by atoms with van der Waals surface area (Å²) in [6.45, 7) is 3.36. The van der Waals surface area contributed by atoms with Crippen molar-refractivity contribution in [3.05, 3.63) is 70.9 Å². The molecule has 1 saturated carbocycles. The van der Waals surface area contributed by atoms with Gasteiger partial charge in [-0.15, -0.1) is 10.2 Å². The smallest absolute Gasteiger partial charge is 0.273 e. The summed E-state index contributed by atoms with van der Waals surface area (Å²) >= 11 is 0. The zero-order valence-corrected chi connectivity index (χ0v) is 23.3. The predicted octanol–water partition coefficient (Wildman–Crippen LogP) is 2.46. The summed E-state index contributed by atoms with van der Waals surface area (Å²) in [5.41, 5.74) is 8.57. The van der Waals surface area contributed by atoms with Gasteiger partial charge >= 0.3 is 0 Å². The molecule has 42 heavy (non-hydrogen) atoms. The van der Waals surface area contributed by atoms with Crippen molar-refractivity contribution in [1.82, 2.24) is 25.4 Å². The number of nitrogens with one attached hydrogen (secondary N) is 2. The van der Waals surface area contributed by atoms with Crippen molar-refractivity contribution in [2.24, 2.45) is 5.73 Å². The van der Waals surface area contributed by atoms with E-state index in [2.05, 4.69) is 25.8 Å². The number of amides is 3. The number of hydrogen-bond acceptors (Lipinski definition) is 9. The number of piperidine rings is 1. The first-order valence-electron chi connectivity index (χ1n) is 14.4. The number of rotatable bonds is 8. The molecule has 0 radical (unpaired) electrons. The topological polar surface area (TPSA) is 156 Å². The fourth-order valence-corrected chi connectivity index (χ4v) is 5.36. The quantitative estimate of drug-likeness (QED) is 0.370. The van der Waals surface area contributed by atoms with Crippen LogP contribution in [0.5, 0.6) is 0 Å². The van der Waals surface area contributed by atoms with Gasteiger partial charge in [0.25, 0.3) is 17.7 Å². The molecule has 3 aliphatic rings. The van der Waals surface area contributed by atoms with Gasteiger partial charge in [-0.3, -0.25) is 14.4 Å². The zero-order valence-electron chi connectivity index (χ0n) is 23.3. The Bertz CT molecular complexity index is 1450. The monoisotopic (exact) mass is 570 g/mol. The molecule has 3 fully saturated rings. The van der Waals surface area contributed by atoms with Crippen molar-refractivity contribution in [3.8, 4) is 0 Å². The number of nitrogens with zero attached hydrogens (tertiary/aromatic N) is 5. The summed E-state index contributed by atoms with van der Waals surface area (Å²) in [5, 5.41) is 14.5. The molecule has 1 aliphatic carbocycles. The molecule has 1 unspecified atom stereocenters. The molecule has 1 aromatic heterocycles. The predicted molar refractivity (Wildman–Crippen MR) is 156 cm³/mol. The van der Waals surface area contributed by atoms with Crippen molar-refractivity contribution in [2.45, 2.75) is 37.6 Å². The van der Waals surface area contributed by atoms with Crippen LogP contribution >= 0.6 is 0 Å². The van der Waals surface area contributed by atoms with Crippen molar-refractivity contribution in [3.63, 3.8) is 0 Å². The fraction of sp³-hybridized carbons (Fsp3) is 0.400. The summed E-state index contributed by atoms with van der Waals surface area (Å²) in [4.78, 5) is 46.1. The van der Waals surface area contributed by atoms with E-state index in [9.17, 15) is 14.4 Å². The lowest BCUT2D eigenvalue weighted by atomic mass is 10.0. The van der Waals surface area contributed by atoms with Gasteiger partial charge in [0.05, 0.1) is 13.2 Å². The van der Waals surface area contributed by atoms with E-state index in [1.165, 1.54) is 18.4 Å². The number of primary amides is 1. The van der Waals surface area contributed by atoms with E-state index in [0.717, 1.165) is 12.8 Å². The fourth-order valence-electron chi connectivity index (χ4n) is 5.36. The lowest BCUT2D eigenvalue weighted by Crippen LogP contribution is -2.48. The second-order valence-corrected chi connectivity index (χ2v) is 10.9. The van der Waals surface area contributed by atoms with E-state index < -0.39 is 5.91 Å². The molecule has 3 amide bonds. The lowest BCUT2D eigenvalue weighted by Gasteiger charge is -2.33. The highest BCUT2D eigenvalue weighted by molar-refractivity contribution is 5.97. The average Bonchev–Trinajstić information content (AvgIpc) is 3.87. The number of nitrogens with two attached hydrogens (primary N) is 1. The van der Waals surface area contributed by atoms with Gasteiger partial charge in [-0.05, 0) is 73.6 Å². The van der Waals surface area contributed by atoms with E-state index in [1.54, 1.807) is 29.2 Å². The number of carbonyl (C=O) groups is 3. The van der Waals surface area contributed by atoms with Gasteiger partial charge in [0.15, 0.2) is 11.5 Å². The molecule has 2 saturated heterocycles. The van der Waals surface area contributed by atoms with Gasteiger partial charge in [-0.25, -0.2) is 0 Å². The summed E-state index contributed by atoms with van der Waals surface area (Å²) < 4.78 is 5.33. The normalized spacial score (nSPS) is 18.8. The van der Waals surface area contributed by atoms with Crippen molar-refractivity contribution in [2.75, 3.05) is 49.6 Å². The lowest BCUT2D eigenvalue weighted by molar-refractivity contribution is 0.0303. The van der Waals surface area contributed by atoms with Gasteiger partial charge in [0, 0.05) is 49.0 Å². The molecule has 3 heterocycles. The Labute approximate surface area is 243 Å².